The van der Waals surface area contributed by atoms with Crippen molar-refractivity contribution in [1.29, 1.82) is 0 Å². The predicted octanol–water partition coefficient (Wildman–Crippen LogP) is 3.33. The maximum Gasteiger partial charge on any atom is 0.336 e. The number of furan rings is 1. The highest BCUT2D eigenvalue weighted by Gasteiger charge is 2.18. The summed E-state index contributed by atoms with van der Waals surface area (Å²) in [7, 11) is 0. The van der Waals surface area contributed by atoms with Gasteiger partial charge in [-0.2, -0.15) is 0 Å². The van der Waals surface area contributed by atoms with E-state index < -0.39 is 0 Å². The maximum atomic E-state index is 11.7. The molecule has 0 aliphatic carbocycles. The molecular weight excluding hydrogens is 294 g/mol. The van der Waals surface area contributed by atoms with Gasteiger partial charge in [0.1, 0.15) is 11.2 Å². The lowest BCUT2D eigenvalue weighted by atomic mass is 9.97. The standard InChI is InChI=1S/C18H21NO4/c1-10-7-14(20)23-18-12(3)17-16(11(2)15(10)18)13(9-22-17)8-21-6-4-5-19/h7,9H,4-6,8,19H2,1-3H3. The van der Waals surface area contributed by atoms with E-state index in [0.29, 0.717) is 25.3 Å². The lowest BCUT2D eigenvalue weighted by Gasteiger charge is -2.10. The second kappa shape index (κ2) is 6.18. The Labute approximate surface area is 134 Å². The molecule has 0 aliphatic rings. The molecule has 0 bridgehead atoms. The average Bonchev–Trinajstić information content (AvgIpc) is 2.93. The van der Waals surface area contributed by atoms with Crippen LogP contribution in [0.1, 0.15) is 28.7 Å². The Bertz CT molecular complexity index is 920. The fraction of sp³-hybridized carbons (Fsp3) is 0.389. The number of hydrogen-bond acceptors (Lipinski definition) is 5. The topological polar surface area (TPSA) is 78.6 Å². The Morgan fingerprint density at radius 2 is 1.91 bits per heavy atom. The van der Waals surface area contributed by atoms with Crippen LogP contribution in [0.5, 0.6) is 0 Å². The number of hydrogen-bond donors (Lipinski definition) is 1. The molecule has 0 aliphatic heterocycles. The Balaban J connectivity index is 2.18. The summed E-state index contributed by atoms with van der Waals surface area (Å²) < 4.78 is 16.8. The van der Waals surface area contributed by atoms with E-state index in [2.05, 4.69) is 0 Å². The van der Waals surface area contributed by atoms with Gasteiger partial charge in [-0.25, -0.2) is 4.79 Å². The molecule has 0 unspecified atom stereocenters. The normalized spacial score (nSPS) is 11.7. The van der Waals surface area contributed by atoms with Crippen LogP contribution in [-0.2, 0) is 11.3 Å². The third kappa shape index (κ3) is 2.66. The first-order valence-corrected chi connectivity index (χ1v) is 7.76. The van der Waals surface area contributed by atoms with Crippen LogP contribution in [0.15, 0.2) is 26.0 Å². The van der Waals surface area contributed by atoms with E-state index in [4.69, 9.17) is 19.3 Å². The van der Waals surface area contributed by atoms with Crippen LogP contribution in [0.25, 0.3) is 21.9 Å². The van der Waals surface area contributed by atoms with Crippen LogP contribution < -0.4 is 11.4 Å². The minimum absolute atomic E-state index is 0.339. The molecule has 23 heavy (non-hydrogen) atoms. The van der Waals surface area contributed by atoms with Gasteiger partial charge in [0, 0.05) is 34.6 Å². The van der Waals surface area contributed by atoms with Crippen LogP contribution >= 0.6 is 0 Å². The van der Waals surface area contributed by atoms with Crippen molar-refractivity contribution in [2.45, 2.75) is 33.8 Å². The number of ether oxygens (including phenoxy) is 1. The SMILES string of the molecule is Cc1c2oc(=O)cc(C)c2c(C)c2c(COCCCN)coc12. The van der Waals surface area contributed by atoms with E-state index >= 15 is 0 Å². The second-order valence-corrected chi connectivity index (χ2v) is 5.86. The summed E-state index contributed by atoms with van der Waals surface area (Å²) in [5, 5.41) is 2.01. The number of aryl methyl sites for hydroxylation is 3. The quantitative estimate of drug-likeness (QED) is 0.577. The molecule has 0 fully saturated rings. The van der Waals surface area contributed by atoms with Crippen LogP contribution in [0, 0.1) is 20.8 Å². The molecule has 0 spiro atoms. The predicted molar refractivity (Wildman–Crippen MR) is 89.8 cm³/mol. The van der Waals surface area contributed by atoms with Gasteiger partial charge in [0.15, 0.2) is 0 Å². The molecule has 5 nitrogen and oxygen atoms in total. The Morgan fingerprint density at radius 3 is 2.65 bits per heavy atom. The van der Waals surface area contributed by atoms with E-state index in [9.17, 15) is 4.79 Å². The fourth-order valence-corrected chi connectivity index (χ4v) is 3.12. The Morgan fingerprint density at radius 1 is 1.13 bits per heavy atom. The molecule has 0 saturated heterocycles. The summed E-state index contributed by atoms with van der Waals surface area (Å²) in [6.07, 6.45) is 2.56. The largest absolute Gasteiger partial charge is 0.464 e. The van der Waals surface area contributed by atoms with Crippen molar-refractivity contribution in [3.8, 4) is 0 Å². The first-order valence-electron chi connectivity index (χ1n) is 7.76. The molecule has 0 amide bonds. The van der Waals surface area contributed by atoms with Crippen molar-refractivity contribution in [3.05, 3.63) is 45.0 Å². The Kier molecular flexibility index (Phi) is 4.24. The monoisotopic (exact) mass is 315 g/mol. The molecule has 0 radical (unpaired) electrons. The number of nitrogens with two attached hydrogens (primary N) is 1. The fourth-order valence-electron chi connectivity index (χ4n) is 3.12. The zero-order valence-corrected chi connectivity index (χ0v) is 13.7. The number of rotatable bonds is 5. The summed E-state index contributed by atoms with van der Waals surface area (Å²) in [5.41, 5.74) is 10.3. The Hall–Kier alpha value is -2.11. The smallest absolute Gasteiger partial charge is 0.336 e. The molecule has 2 aromatic heterocycles. The van der Waals surface area contributed by atoms with E-state index in [1.807, 2.05) is 20.8 Å². The van der Waals surface area contributed by atoms with Gasteiger partial charge in [-0.15, -0.1) is 0 Å². The lowest BCUT2D eigenvalue weighted by Crippen LogP contribution is -2.04. The molecular formula is C18H21NO4. The first kappa shape index (κ1) is 15.8. The molecule has 2 heterocycles. The van der Waals surface area contributed by atoms with Gasteiger partial charge in [-0.3, -0.25) is 0 Å². The first-order chi connectivity index (χ1) is 11.0. The maximum absolute atomic E-state index is 11.7. The summed E-state index contributed by atoms with van der Waals surface area (Å²) >= 11 is 0. The van der Waals surface area contributed by atoms with Gasteiger partial charge in [-0.05, 0) is 44.9 Å². The summed E-state index contributed by atoms with van der Waals surface area (Å²) in [5.74, 6) is 0. The third-order valence-electron chi connectivity index (χ3n) is 4.21. The molecule has 122 valence electrons. The molecule has 2 N–H and O–H groups in total. The van der Waals surface area contributed by atoms with Crippen molar-refractivity contribution in [3.63, 3.8) is 0 Å². The van der Waals surface area contributed by atoms with Crippen molar-refractivity contribution >= 4 is 21.9 Å². The average molecular weight is 315 g/mol. The van der Waals surface area contributed by atoms with Gasteiger partial charge in [0.25, 0.3) is 0 Å². The zero-order valence-electron chi connectivity index (χ0n) is 13.7. The zero-order chi connectivity index (χ0) is 16.6. The second-order valence-electron chi connectivity index (χ2n) is 5.86. The van der Waals surface area contributed by atoms with Gasteiger partial charge < -0.3 is 19.3 Å². The number of fused-ring (bicyclic) bond motifs is 2. The van der Waals surface area contributed by atoms with Crippen molar-refractivity contribution in [1.82, 2.24) is 0 Å². The van der Waals surface area contributed by atoms with E-state index in [0.717, 1.165) is 45.0 Å². The van der Waals surface area contributed by atoms with E-state index in [-0.39, 0.29) is 5.63 Å². The van der Waals surface area contributed by atoms with E-state index in [1.165, 1.54) is 6.07 Å². The van der Waals surface area contributed by atoms with Gasteiger partial charge in [-0.1, -0.05) is 0 Å². The summed E-state index contributed by atoms with van der Waals surface area (Å²) in [4.78, 5) is 11.7. The van der Waals surface area contributed by atoms with Crippen molar-refractivity contribution in [2.75, 3.05) is 13.2 Å². The van der Waals surface area contributed by atoms with Crippen molar-refractivity contribution in [2.24, 2.45) is 5.73 Å². The van der Waals surface area contributed by atoms with Gasteiger partial charge in [0.05, 0.1) is 12.9 Å². The molecule has 3 rings (SSSR count). The lowest BCUT2D eigenvalue weighted by molar-refractivity contribution is 0.120. The molecule has 5 heteroatoms. The van der Waals surface area contributed by atoms with Crippen LogP contribution in [-0.4, -0.2) is 13.2 Å². The highest BCUT2D eigenvalue weighted by molar-refractivity contribution is 6.03. The molecule has 1 aromatic carbocycles. The van der Waals surface area contributed by atoms with Gasteiger partial charge >= 0.3 is 5.63 Å². The van der Waals surface area contributed by atoms with Gasteiger partial charge in [0.2, 0.25) is 0 Å². The van der Waals surface area contributed by atoms with Crippen LogP contribution in [0.4, 0.5) is 0 Å². The third-order valence-corrected chi connectivity index (χ3v) is 4.21. The number of benzene rings is 1. The van der Waals surface area contributed by atoms with Crippen LogP contribution in [0.3, 0.4) is 0 Å². The van der Waals surface area contributed by atoms with Crippen molar-refractivity contribution < 1.29 is 13.6 Å². The molecule has 0 atom stereocenters. The highest BCUT2D eigenvalue weighted by atomic mass is 16.5. The molecule has 0 saturated carbocycles. The summed E-state index contributed by atoms with van der Waals surface area (Å²) in [6, 6.07) is 1.53. The summed E-state index contributed by atoms with van der Waals surface area (Å²) in [6.45, 7) is 7.59. The minimum Gasteiger partial charge on any atom is -0.464 e. The minimum atomic E-state index is -0.339. The van der Waals surface area contributed by atoms with Crippen LogP contribution in [0.2, 0.25) is 0 Å². The molecule has 3 aromatic rings. The van der Waals surface area contributed by atoms with E-state index in [1.54, 1.807) is 6.26 Å². The highest BCUT2D eigenvalue weighted by Crippen LogP contribution is 2.36.